The van der Waals surface area contributed by atoms with Crippen molar-refractivity contribution in [2.75, 3.05) is 13.2 Å². The summed E-state index contributed by atoms with van der Waals surface area (Å²) >= 11 is 0. The number of rotatable bonds is 3. The summed E-state index contributed by atoms with van der Waals surface area (Å²) in [6.45, 7) is 11.0. The molecule has 0 aromatic heterocycles. The number of carbonyl (C=O) groups is 1. The fourth-order valence-electron chi connectivity index (χ4n) is 1.61. The van der Waals surface area contributed by atoms with Crippen LogP contribution in [0.3, 0.4) is 0 Å². The van der Waals surface area contributed by atoms with E-state index in [4.69, 9.17) is 9.47 Å². The Morgan fingerprint density at radius 1 is 1.44 bits per heavy atom. The Bertz CT molecular complexity index is 319. The molecule has 0 bridgehead atoms. The monoisotopic (exact) mass is 256 g/mol. The second kappa shape index (κ2) is 6.07. The van der Waals surface area contributed by atoms with Gasteiger partial charge in [0.2, 0.25) is 5.90 Å². The van der Waals surface area contributed by atoms with Gasteiger partial charge in [-0.1, -0.05) is 13.8 Å². The maximum Gasteiger partial charge on any atom is 0.408 e. The normalized spacial score (nSPS) is 17.8. The minimum atomic E-state index is -0.499. The maximum atomic E-state index is 11.8. The number of alkyl carbamates (subject to hydrolysis) is 1. The average molecular weight is 256 g/mol. The molecule has 1 atom stereocenters. The van der Waals surface area contributed by atoms with Crippen LogP contribution in [0, 0.1) is 5.92 Å². The molecule has 0 aromatic carbocycles. The first kappa shape index (κ1) is 14.8. The summed E-state index contributed by atoms with van der Waals surface area (Å²) in [7, 11) is 0. The van der Waals surface area contributed by atoms with E-state index in [1.807, 2.05) is 34.6 Å². The number of ether oxygens (including phenoxy) is 2. The molecule has 18 heavy (non-hydrogen) atoms. The number of carbonyl (C=O) groups excluding carboxylic acids is 1. The van der Waals surface area contributed by atoms with E-state index in [1.54, 1.807) is 0 Å². The summed E-state index contributed by atoms with van der Waals surface area (Å²) in [6, 6.07) is -0.222. The third-order valence-corrected chi connectivity index (χ3v) is 2.42. The van der Waals surface area contributed by atoms with E-state index in [-0.39, 0.29) is 12.0 Å². The lowest BCUT2D eigenvalue weighted by Gasteiger charge is -2.27. The van der Waals surface area contributed by atoms with Crippen LogP contribution in [0.4, 0.5) is 4.79 Å². The van der Waals surface area contributed by atoms with Gasteiger partial charge in [0, 0.05) is 13.0 Å². The molecule has 1 aliphatic heterocycles. The molecule has 104 valence electrons. The molecule has 0 aromatic rings. The first-order valence-corrected chi connectivity index (χ1v) is 6.46. The summed E-state index contributed by atoms with van der Waals surface area (Å²) in [5.74, 6) is 0.816. The Morgan fingerprint density at radius 3 is 2.56 bits per heavy atom. The summed E-state index contributed by atoms with van der Waals surface area (Å²) in [5.41, 5.74) is -0.499. The highest BCUT2D eigenvalue weighted by Gasteiger charge is 2.27. The topological polar surface area (TPSA) is 59.9 Å². The largest absolute Gasteiger partial charge is 0.479 e. The zero-order chi connectivity index (χ0) is 13.8. The van der Waals surface area contributed by atoms with Gasteiger partial charge in [-0.3, -0.25) is 4.99 Å². The van der Waals surface area contributed by atoms with E-state index < -0.39 is 11.7 Å². The van der Waals surface area contributed by atoms with Crippen LogP contribution in [-0.4, -0.2) is 36.8 Å². The highest BCUT2D eigenvalue weighted by Crippen LogP contribution is 2.12. The van der Waals surface area contributed by atoms with Gasteiger partial charge in [-0.25, -0.2) is 4.79 Å². The molecule has 1 amide bonds. The molecule has 0 radical (unpaired) electrons. The number of amides is 1. The van der Waals surface area contributed by atoms with Crippen LogP contribution in [0.2, 0.25) is 0 Å². The fraction of sp³-hybridized carbons (Fsp3) is 0.846. The molecular weight excluding hydrogens is 232 g/mol. The predicted octanol–water partition coefficient (Wildman–Crippen LogP) is 2.35. The lowest BCUT2D eigenvalue weighted by Crippen LogP contribution is -2.48. The number of hydrogen-bond acceptors (Lipinski definition) is 4. The molecule has 0 fully saturated rings. The van der Waals surface area contributed by atoms with E-state index in [2.05, 4.69) is 10.3 Å². The number of nitrogens with zero attached hydrogens (tertiary/aromatic N) is 1. The van der Waals surface area contributed by atoms with Crippen molar-refractivity contribution in [3.05, 3.63) is 0 Å². The summed E-state index contributed by atoms with van der Waals surface area (Å²) < 4.78 is 10.8. The third-order valence-electron chi connectivity index (χ3n) is 2.42. The first-order chi connectivity index (χ1) is 8.29. The molecule has 0 saturated heterocycles. The number of hydrogen-bond donors (Lipinski definition) is 1. The van der Waals surface area contributed by atoms with Crippen molar-refractivity contribution >= 4 is 12.0 Å². The van der Waals surface area contributed by atoms with Gasteiger partial charge >= 0.3 is 6.09 Å². The van der Waals surface area contributed by atoms with Crippen molar-refractivity contribution in [1.82, 2.24) is 5.32 Å². The zero-order valence-electron chi connectivity index (χ0n) is 11.9. The van der Waals surface area contributed by atoms with Crippen LogP contribution in [0.15, 0.2) is 4.99 Å². The molecule has 0 aliphatic carbocycles. The Balaban J connectivity index is 2.63. The van der Waals surface area contributed by atoms with Crippen LogP contribution < -0.4 is 5.32 Å². The molecule has 1 aliphatic rings. The maximum absolute atomic E-state index is 11.8. The molecular formula is C13H24N2O3. The second-order valence-corrected chi connectivity index (χ2v) is 5.79. The SMILES string of the molecule is CC(C)[C@H](NC(=O)OC(C)(C)C)C1=NCCCO1. The molecule has 1 N–H and O–H groups in total. The molecule has 5 nitrogen and oxygen atoms in total. The van der Waals surface area contributed by atoms with Gasteiger partial charge < -0.3 is 14.8 Å². The minimum Gasteiger partial charge on any atom is -0.479 e. The fourth-order valence-corrected chi connectivity index (χ4v) is 1.61. The van der Waals surface area contributed by atoms with Crippen molar-refractivity contribution in [2.24, 2.45) is 10.9 Å². The summed E-state index contributed by atoms with van der Waals surface area (Å²) in [5, 5.41) is 2.83. The predicted molar refractivity (Wildman–Crippen MR) is 70.9 cm³/mol. The Hall–Kier alpha value is -1.26. The minimum absolute atomic E-state index is 0.203. The van der Waals surface area contributed by atoms with Crippen molar-refractivity contribution in [1.29, 1.82) is 0 Å². The van der Waals surface area contributed by atoms with E-state index in [0.29, 0.717) is 12.5 Å². The van der Waals surface area contributed by atoms with Crippen molar-refractivity contribution < 1.29 is 14.3 Å². The third kappa shape index (κ3) is 4.94. The van der Waals surface area contributed by atoms with Crippen LogP contribution in [0.5, 0.6) is 0 Å². The average Bonchev–Trinajstić information content (AvgIpc) is 2.24. The number of aliphatic imine (C=N–C) groups is 1. The van der Waals surface area contributed by atoms with Crippen LogP contribution in [-0.2, 0) is 9.47 Å². The van der Waals surface area contributed by atoms with E-state index in [1.165, 1.54) is 0 Å². The van der Waals surface area contributed by atoms with E-state index >= 15 is 0 Å². The summed E-state index contributed by atoms with van der Waals surface area (Å²) in [6.07, 6.45) is 0.499. The quantitative estimate of drug-likeness (QED) is 0.843. The highest BCUT2D eigenvalue weighted by atomic mass is 16.6. The highest BCUT2D eigenvalue weighted by molar-refractivity contribution is 5.86. The lowest BCUT2D eigenvalue weighted by molar-refractivity contribution is 0.0500. The van der Waals surface area contributed by atoms with E-state index in [9.17, 15) is 4.79 Å². The van der Waals surface area contributed by atoms with Gasteiger partial charge in [-0.05, 0) is 26.7 Å². The van der Waals surface area contributed by atoms with Gasteiger partial charge in [-0.15, -0.1) is 0 Å². The van der Waals surface area contributed by atoms with E-state index in [0.717, 1.165) is 13.0 Å². The Morgan fingerprint density at radius 2 is 2.11 bits per heavy atom. The van der Waals surface area contributed by atoms with Crippen LogP contribution in [0.25, 0.3) is 0 Å². The Labute approximate surface area is 109 Å². The van der Waals surface area contributed by atoms with Gasteiger partial charge in [0.15, 0.2) is 0 Å². The molecule has 1 rings (SSSR count). The Kier molecular flexibility index (Phi) is 4.99. The summed E-state index contributed by atoms with van der Waals surface area (Å²) in [4.78, 5) is 16.1. The number of nitrogens with one attached hydrogen (secondary N) is 1. The second-order valence-electron chi connectivity index (χ2n) is 5.79. The standard InChI is InChI=1S/C13H24N2O3/c1-9(2)10(11-14-7-6-8-17-11)15-12(16)18-13(3,4)5/h9-10H,6-8H2,1-5H3,(H,15,16)/t10-/m0/s1. The molecule has 0 saturated carbocycles. The first-order valence-electron chi connectivity index (χ1n) is 6.46. The molecule has 1 heterocycles. The molecule has 0 spiro atoms. The van der Waals surface area contributed by atoms with Crippen molar-refractivity contribution in [3.63, 3.8) is 0 Å². The molecule has 0 unspecified atom stereocenters. The lowest BCUT2D eigenvalue weighted by atomic mass is 10.0. The zero-order valence-corrected chi connectivity index (χ0v) is 11.9. The molecule has 5 heteroatoms. The van der Waals surface area contributed by atoms with Gasteiger partial charge in [0.05, 0.1) is 6.61 Å². The van der Waals surface area contributed by atoms with Crippen LogP contribution in [0.1, 0.15) is 41.0 Å². The van der Waals surface area contributed by atoms with Gasteiger partial charge in [0.25, 0.3) is 0 Å². The van der Waals surface area contributed by atoms with Crippen molar-refractivity contribution in [3.8, 4) is 0 Å². The smallest absolute Gasteiger partial charge is 0.408 e. The van der Waals surface area contributed by atoms with Crippen molar-refractivity contribution in [2.45, 2.75) is 52.7 Å². The van der Waals surface area contributed by atoms with Gasteiger partial charge in [0.1, 0.15) is 11.6 Å². The van der Waals surface area contributed by atoms with Gasteiger partial charge in [-0.2, -0.15) is 0 Å². The van der Waals surface area contributed by atoms with Crippen LogP contribution >= 0.6 is 0 Å².